The average Bonchev–Trinajstić information content (AvgIpc) is 3.09. The summed E-state index contributed by atoms with van der Waals surface area (Å²) in [6.07, 6.45) is 2.56. The Labute approximate surface area is 163 Å². The van der Waals surface area contributed by atoms with Crippen molar-refractivity contribution < 1.29 is 4.79 Å². The Morgan fingerprint density at radius 2 is 1.78 bits per heavy atom. The monoisotopic (exact) mass is 378 g/mol. The molecule has 0 spiro atoms. The van der Waals surface area contributed by atoms with Crippen molar-refractivity contribution >= 4 is 23.1 Å². The lowest BCUT2D eigenvalue weighted by molar-refractivity contribution is 0.0740. The third kappa shape index (κ3) is 4.01. The first-order valence-electron chi connectivity index (χ1n) is 9.16. The van der Waals surface area contributed by atoms with Crippen molar-refractivity contribution in [2.45, 2.75) is 13.3 Å². The van der Waals surface area contributed by atoms with Gasteiger partial charge in [-0.2, -0.15) is 0 Å². The second-order valence-corrected chi connectivity index (χ2v) is 7.92. The number of aryl methyl sites for hydroxylation is 1. The second kappa shape index (κ2) is 7.88. The Balaban J connectivity index is 1.46. The minimum atomic E-state index is 0.0472. The summed E-state index contributed by atoms with van der Waals surface area (Å²) in [7, 11) is 0. The molecule has 1 fully saturated rings. The minimum absolute atomic E-state index is 0.0472. The third-order valence-corrected chi connectivity index (χ3v) is 5.73. The first kappa shape index (κ1) is 17.7. The van der Waals surface area contributed by atoms with E-state index in [1.54, 1.807) is 17.5 Å². The number of thiazole rings is 1. The average molecular weight is 379 g/mol. The van der Waals surface area contributed by atoms with Gasteiger partial charge < -0.3 is 9.80 Å². The molecule has 0 unspecified atom stereocenters. The van der Waals surface area contributed by atoms with Crippen molar-refractivity contribution in [3.8, 4) is 0 Å². The highest BCUT2D eigenvalue weighted by molar-refractivity contribution is 7.11. The normalized spacial score (nSPS) is 14.4. The summed E-state index contributed by atoms with van der Waals surface area (Å²) in [5.41, 5.74) is 1.82. The number of anilines is 1. The van der Waals surface area contributed by atoms with Crippen LogP contribution in [0.1, 0.15) is 25.9 Å². The number of carbonyl (C=O) groups is 1. The van der Waals surface area contributed by atoms with Crippen LogP contribution in [0, 0.1) is 6.92 Å². The van der Waals surface area contributed by atoms with Crippen LogP contribution in [0.5, 0.6) is 0 Å². The Kier molecular flexibility index (Phi) is 5.16. The number of piperazine rings is 1. The van der Waals surface area contributed by atoms with Crippen molar-refractivity contribution in [2.24, 2.45) is 0 Å². The number of amides is 1. The zero-order valence-corrected chi connectivity index (χ0v) is 16.2. The predicted molar refractivity (Wildman–Crippen MR) is 108 cm³/mol. The van der Waals surface area contributed by atoms with Crippen LogP contribution in [-0.4, -0.2) is 47.0 Å². The maximum atomic E-state index is 13.1. The number of hydrogen-bond donors (Lipinski definition) is 0. The van der Waals surface area contributed by atoms with Crippen molar-refractivity contribution in [3.05, 3.63) is 75.9 Å². The molecule has 2 aromatic heterocycles. The fourth-order valence-electron chi connectivity index (χ4n) is 3.37. The van der Waals surface area contributed by atoms with Gasteiger partial charge in [-0.05, 0) is 24.6 Å². The largest absolute Gasteiger partial charge is 0.353 e. The lowest BCUT2D eigenvalue weighted by atomic mass is 10.1. The molecule has 1 aliphatic heterocycles. The zero-order chi connectivity index (χ0) is 18.6. The Morgan fingerprint density at radius 3 is 2.48 bits per heavy atom. The first-order valence-corrected chi connectivity index (χ1v) is 9.98. The van der Waals surface area contributed by atoms with Gasteiger partial charge in [-0.3, -0.25) is 4.79 Å². The molecule has 4 rings (SSSR count). The van der Waals surface area contributed by atoms with Crippen LogP contribution >= 0.6 is 11.3 Å². The molecule has 0 bridgehead atoms. The van der Waals surface area contributed by atoms with Gasteiger partial charge in [0.25, 0.3) is 5.91 Å². The highest BCUT2D eigenvalue weighted by Crippen LogP contribution is 2.24. The van der Waals surface area contributed by atoms with Gasteiger partial charge in [0, 0.05) is 43.7 Å². The van der Waals surface area contributed by atoms with Crippen molar-refractivity contribution in [2.75, 3.05) is 31.1 Å². The highest BCUT2D eigenvalue weighted by Gasteiger charge is 2.26. The van der Waals surface area contributed by atoms with E-state index in [1.807, 2.05) is 48.2 Å². The molecule has 27 heavy (non-hydrogen) atoms. The van der Waals surface area contributed by atoms with Crippen LogP contribution in [0.2, 0.25) is 0 Å². The topological polar surface area (TPSA) is 49.3 Å². The number of hydrogen-bond acceptors (Lipinski definition) is 5. The van der Waals surface area contributed by atoms with E-state index in [4.69, 9.17) is 0 Å². The number of aromatic nitrogens is 2. The molecule has 138 valence electrons. The van der Waals surface area contributed by atoms with Crippen LogP contribution in [0.4, 0.5) is 5.82 Å². The maximum absolute atomic E-state index is 13.1. The first-order chi connectivity index (χ1) is 13.2. The summed E-state index contributed by atoms with van der Waals surface area (Å²) in [6.45, 7) is 4.93. The lowest BCUT2D eigenvalue weighted by Crippen LogP contribution is -2.49. The van der Waals surface area contributed by atoms with Crippen LogP contribution in [0.15, 0.2) is 54.7 Å². The lowest BCUT2D eigenvalue weighted by Gasteiger charge is -2.35. The molecule has 0 N–H and O–H groups in total. The van der Waals surface area contributed by atoms with Gasteiger partial charge in [0.05, 0.1) is 5.01 Å². The van der Waals surface area contributed by atoms with Gasteiger partial charge in [-0.1, -0.05) is 36.4 Å². The smallest absolute Gasteiger partial charge is 0.273 e. The summed E-state index contributed by atoms with van der Waals surface area (Å²) in [5, 5.41) is 0.941. The molecule has 1 aromatic carbocycles. The van der Waals surface area contributed by atoms with E-state index in [9.17, 15) is 4.79 Å². The summed E-state index contributed by atoms with van der Waals surface area (Å²) in [5.74, 6) is 1.02. The quantitative estimate of drug-likeness (QED) is 0.698. The van der Waals surface area contributed by atoms with Crippen LogP contribution in [0.3, 0.4) is 0 Å². The Hall–Kier alpha value is -2.73. The van der Waals surface area contributed by atoms with Gasteiger partial charge in [0.15, 0.2) is 0 Å². The molecular formula is C21H22N4OS. The van der Waals surface area contributed by atoms with Crippen molar-refractivity contribution in [1.82, 2.24) is 14.9 Å². The highest BCUT2D eigenvalue weighted by atomic mass is 32.1. The maximum Gasteiger partial charge on any atom is 0.273 e. The number of rotatable bonds is 4. The molecule has 0 radical (unpaired) electrons. The predicted octanol–water partition coefficient (Wildman–Crippen LogP) is 3.40. The zero-order valence-electron chi connectivity index (χ0n) is 15.3. The van der Waals surface area contributed by atoms with E-state index in [1.165, 1.54) is 5.56 Å². The van der Waals surface area contributed by atoms with Crippen molar-refractivity contribution in [1.29, 1.82) is 0 Å². The molecule has 1 aliphatic rings. The molecule has 0 aliphatic carbocycles. The SMILES string of the molecule is Cc1nc(C(=O)N2CCN(c3ccccn3)CC2)c(Cc2ccccc2)s1. The fourth-order valence-corrected chi connectivity index (χ4v) is 4.33. The van der Waals surface area contributed by atoms with Crippen molar-refractivity contribution in [3.63, 3.8) is 0 Å². The van der Waals surface area contributed by atoms with E-state index in [2.05, 4.69) is 27.0 Å². The van der Waals surface area contributed by atoms with Gasteiger partial charge >= 0.3 is 0 Å². The second-order valence-electron chi connectivity index (χ2n) is 6.63. The molecule has 6 heteroatoms. The summed E-state index contributed by atoms with van der Waals surface area (Å²) >= 11 is 1.62. The minimum Gasteiger partial charge on any atom is -0.353 e. The van der Waals surface area contributed by atoms with Gasteiger partial charge in [0.2, 0.25) is 0 Å². The molecule has 1 amide bonds. The van der Waals surface area contributed by atoms with Crippen LogP contribution in [-0.2, 0) is 6.42 Å². The molecule has 5 nitrogen and oxygen atoms in total. The van der Waals surface area contributed by atoms with Crippen LogP contribution < -0.4 is 4.90 Å². The van der Waals surface area contributed by atoms with E-state index >= 15 is 0 Å². The summed E-state index contributed by atoms with van der Waals surface area (Å²) in [6, 6.07) is 16.2. The third-order valence-electron chi connectivity index (χ3n) is 4.75. The standard InChI is InChI=1S/C21H22N4OS/c1-16-23-20(18(27-16)15-17-7-3-2-4-8-17)21(26)25-13-11-24(12-14-25)19-9-5-6-10-22-19/h2-10H,11-15H2,1H3. The number of pyridine rings is 1. The molecule has 3 aromatic rings. The number of nitrogens with zero attached hydrogens (tertiary/aromatic N) is 4. The van der Waals surface area contributed by atoms with Crippen LogP contribution in [0.25, 0.3) is 0 Å². The fraction of sp³-hybridized carbons (Fsp3) is 0.286. The summed E-state index contributed by atoms with van der Waals surface area (Å²) < 4.78 is 0. The van der Waals surface area contributed by atoms with Gasteiger partial charge in [-0.25, -0.2) is 9.97 Å². The van der Waals surface area contributed by atoms with E-state index in [0.717, 1.165) is 35.2 Å². The van der Waals surface area contributed by atoms with E-state index in [-0.39, 0.29) is 5.91 Å². The number of benzene rings is 1. The Morgan fingerprint density at radius 1 is 1.04 bits per heavy atom. The number of carbonyl (C=O) groups excluding carboxylic acids is 1. The molecule has 0 atom stereocenters. The van der Waals surface area contributed by atoms with Gasteiger partial charge in [-0.15, -0.1) is 11.3 Å². The van der Waals surface area contributed by atoms with E-state index in [0.29, 0.717) is 18.8 Å². The molecule has 1 saturated heterocycles. The summed E-state index contributed by atoms with van der Waals surface area (Å²) in [4.78, 5) is 27.3. The Bertz CT molecular complexity index is 902. The molecule has 0 saturated carbocycles. The molecular weight excluding hydrogens is 356 g/mol. The van der Waals surface area contributed by atoms with Gasteiger partial charge in [0.1, 0.15) is 11.5 Å². The van der Waals surface area contributed by atoms with E-state index < -0.39 is 0 Å². The molecule has 3 heterocycles.